The van der Waals surface area contributed by atoms with Gasteiger partial charge in [-0.05, 0) is 18.7 Å². The summed E-state index contributed by atoms with van der Waals surface area (Å²) in [5, 5.41) is 3.23. The summed E-state index contributed by atoms with van der Waals surface area (Å²) in [6.07, 6.45) is 0. The third kappa shape index (κ3) is 2.22. The van der Waals surface area contributed by atoms with Gasteiger partial charge in [-0.1, -0.05) is 13.8 Å². The maximum Gasteiger partial charge on any atom is 0.199 e. The van der Waals surface area contributed by atoms with Gasteiger partial charge in [0.2, 0.25) is 0 Å². The van der Waals surface area contributed by atoms with Crippen LogP contribution in [0, 0.1) is 5.82 Å². The lowest BCUT2D eigenvalue weighted by atomic mass is 10.2. The Kier molecular flexibility index (Phi) is 3.19. The Bertz CT molecular complexity index is 481. The molecule has 3 nitrogen and oxygen atoms in total. The first kappa shape index (κ1) is 11.1. The number of nitrogens with one attached hydrogen (secondary N) is 1. The molecule has 0 radical (unpaired) electrons. The molecule has 1 unspecified atom stereocenters. The molecule has 0 saturated heterocycles. The van der Waals surface area contributed by atoms with Crippen molar-refractivity contribution < 1.29 is 8.81 Å². The molecule has 1 aromatic carbocycles. The summed E-state index contributed by atoms with van der Waals surface area (Å²) in [4.78, 5) is 4.28. The molecule has 0 spiro atoms. The summed E-state index contributed by atoms with van der Waals surface area (Å²) in [5.41, 5.74) is 1.22. The quantitative estimate of drug-likeness (QED) is 0.864. The Hall–Kier alpha value is -1.42. The first-order valence-electron chi connectivity index (χ1n) is 5.47. The molecular weight excluding hydrogens is 207 g/mol. The first-order chi connectivity index (χ1) is 7.70. The van der Waals surface area contributed by atoms with Crippen molar-refractivity contribution in [3.63, 3.8) is 0 Å². The second-order valence-corrected chi connectivity index (χ2v) is 3.87. The molecule has 0 aliphatic carbocycles. The summed E-state index contributed by atoms with van der Waals surface area (Å²) in [6, 6.07) is 4.38. The molecule has 16 heavy (non-hydrogen) atoms. The Morgan fingerprint density at radius 2 is 2.31 bits per heavy atom. The Morgan fingerprint density at radius 3 is 3.06 bits per heavy atom. The molecule has 0 bridgehead atoms. The molecule has 1 aromatic heterocycles. The van der Waals surface area contributed by atoms with Crippen LogP contribution < -0.4 is 5.32 Å². The number of halogens is 1. The van der Waals surface area contributed by atoms with Crippen LogP contribution in [0.4, 0.5) is 4.39 Å². The number of nitrogens with zero attached hydrogens (tertiary/aromatic N) is 1. The number of hydrogen-bond acceptors (Lipinski definition) is 3. The number of hydrogen-bond donors (Lipinski definition) is 1. The van der Waals surface area contributed by atoms with Crippen LogP contribution in [-0.2, 0) is 0 Å². The van der Waals surface area contributed by atoms with E-state index in [0.29, 0.717) is 17.0 Å². The fourth-order valence-corrected chi connectivity index (χ4v) is 1.58. The standard InChI is InChI=1S/C12H15FN2O/c1-3-14-7-8(2)12-15-10-6-9(13)4-5-11(10)16-12/h4-6,8,14H,3,7H2,1-2H3. The van der Waals surface area contributed by atoms with Crippen molar-refractivity contribution in [1.82, 2.24) is 10.3 Å². The minimum Gasteiger partial charge on any atom is -0.440 e. The SMILES string of the molecule is CCNCC(C)c1nc2cc(F)ccc2o1. The fourth-order valence-electron chi connectivity index (χ4n) is 1.58. The lowest BCUT2D eigenvalue weighted by molar-refractivity contribution is 0.470. The highest BCUT2D eigenvalue weighted by Crippen LogP contribution is 2.21. The van der Waals surface area contributed by atoms with Crippen molar-refractivity contribution in [2.75, 3.05) is 13.1 Å². The van der Waals surface area contributed by atoms with Crippen molar-refractivity contribution in [1.29, 1.82) is 0 Å². The van der Waals surface area contributed by atoms with Crippen LogP contribution in [0.1, 0.15) is 25.7 Å². The van der Waals surface area contributed by atoms with E-state index in [1.54, 1.807) is 6.07 Å². The number of benzene rings is 1. The van der Waals surface area contributed by atoms with Gasteiger partial charge in [0.15, 0.2) is 11.5 Å². The number of likely N-dealkylation sites (N-methyl/N-ethyl adjacent to an activating group) is 1. The largest absolute Gasteiger partial charge is 0.440 e. The van der Waals surface area contributed by atoms with Crippen LogP contribution in [0.15, 0.2) is 22.6 Å². The topological polar surface area (TPSA) is 38.1 Å². The van der Waals surface area contributed by atoms with Crippen molar-refractivity contribution in [3.8, 4) is 0 Å². The molecule has 2 aromatic rings. The molecule has 1 atom stereocenters. The third-order valence-electron chi connectivity index (χ3n) is 2.49. The zero-order chi connectivity index (χ0) is 11.5. The van der Waals surface area contributed by atoms with Crippen molar-refractivity contribution in [2.24, 2.45) is 0 Å². The first-order valence-corrected chi connectivity index (χ1v) is 5.47. The lowest BCUT2D eigenvalue weighted by Gasteiger charge is -2.06. The summed E-state index contributed by atoms with van der Waals surface area (Å²) in [5.74, 6) is 0.559. The van der Waals surface area contributed by atoms with Gasteiger partial charge >= 0.3 is 0 Å². The zero-order valence-electron chi connectivity index (χ0n) is 9.46. The van der Waals surface area contributed by atoms with E-state index in [0.717, 1.165) is 13.1 Å². The Balaban J connectivity index is 2.25. The number of rotatable bonds is 4. The highest BCUT2D eigenvalue weighted by molar-refractivity contribution is 5.72. The average molecular weight is 222 g/mol. The second kappa shape index (κ2) is 4.61. The van der Waals surface area contributed by atoms with Crippen molar-refractivity contribution >= 4 is 11.1 Å². The third-order valence-corrected chi connectivity index (χ3v) is 2.49. The predicted octanol–water partition coefficient (Wildman–Crippen LogP) is 2.68. The zero-order valence-corrected chi connectivity index (χ0v) is 9.46. The monoisotopic (exact) mass is 222 g/mol. The van der Waals surface area contributed by atoms with Gasteiger partial charge in [0.1, 0.15) is 11.3 Å². The molecule has 0 aliphatic heterocycles. The summed E-state index contributed by atoms with van der Waals surface area (Å²) >= 11 is 0. The van der Waals surface area contributed by atoms with Crippen LogP contribution in [0.2, 0.25) is 0 Å². The molecular formula is C12H15FN2O. The van der Waals surface area contributed by atoms with E-state index in [-0.39, 0.29) is 11.7 Å². The molecule has 86 valence electrons. The van der Waals surface area contributed by atoms with E-state index in [1.165, 1.54) is 12.1 Å². The number of oxazole rings is 1. The van der Waals surface area contributed by atoms with Gasteiger partial charge in [-0.25, -0.2) is 9.37 Å². The van der Waals surface area contributed by atoms with Crippen LogP contribution in [0.25, 0.3) is 11.1 Å². The van der Waals surface area contributed by atoms with E-state index in [9.17, 15) is 4.39 Å². The van der Waals surface area contributed by atoms with Gasteiger partial charge in [-0.15, -0.1) is 0 Å². The van der Waals surface area contributed by atoms with Crippen LogP contribution in [0.5, 0.6) is 0 Å². The smallest absolute Gasteiger partial charge is 0.199 e. The fraction of sp³-hybridized carbons (Fsp3) is 0.417. The van der Waals surface area contributed by atoms with Gasteiger partial charge < -0.3 is 9.73 Å². The maximum absolute atomic E-state index is 13.0. The van der Waals surface area contributed by atoms with Gasteiger partial charge in [0, 0.05) is 18.5 Å². The van der Waals surface area contributed by atoms with Crippen LogP contribution in [-0.4, -0.2) is 18.1 Å². The molecule has 0 amide bonds. The predicted molar refractivity (Wildman–Crippen MR) is 60.9 cm³/mol. The van der Waals surface area contributed by atoms with Gasteiger partial charge in [-0.2, -0.15) is 0 Å². The van der Waals surface area contributed by atoms with E-state index in [2.05, 4.69) is 10.3 Å². The summed E-state index contributed by atoms with van der Waals surface area (Å²) in [7, 11) is 0. The maximum atomic E-state index is 13.0. The van der Waals surface area contributed by atoms with Gasteiger partial charge in [-0.3, -0.25) is 0 Å². The average Bonchev–Trinajstić information content (AvgIpc) is 2.68. The molecule has 0 fully saturated rings. The van der Waals surface area contributed by atoms with Crippen LogP contribution >= 0.6 is 0 Å². The highest BCUT2D eigenvalue weighted by Gasteiger charge is 2.13. The van der Waals surface area contributed by atoms with Crippen LogP contribution in [0.3, 0.4) is 0 Å². The van der Waals surface area contributed by atoms with Crippen molar-refractivity contribution in [2.45, 2.75) is 19.8 Å². The van der Waals surface area contributed by atoms with E-state index >= 15 is 0 Å². The molecule has 0 aliphatic rings. The molecule has 1 heterocycles. The summed E-state index contributed by atoms with van der Waals surface area (Å²) < 4.78 is 18.5. The molecule has 0 saturated carbocycles. The van der Waals surface area contributed by atoms with Gasteiger partial charge in [0.25, 0.3) is 0 Å². The van der Waals surface area contributed by atoms with E-state index < -0.39 is 0 Å². The van der Waals surface area contributed by atoms with E-state index in [1.807, 2.05) is 13.8 Å². The lowest BCUT2D eigenvalue weighted by Crippen LogP contribution is -2.19. The second-order valence-electron chi connectivity index (χ2n) is 3.87. The minimum atomic E-state index is -0.285. The molecule has 2 rings (SSSR count). The van der Waals surface area contributed by atoms with Crippen molar-refractivity contribution in [3.05, 3.63) is 29.9 Å². The highest BCUT2D eigenvalue weighted by atomic mass is 19.1. The van der Waals surface area contributed by atoms with E-state index in [4.69, 9.17) is 4.42 Å². The number of fused-ring (bicyclic) bond motifs is 1. The Morgan fingerprint density at radius 1 is 1.50 bits per heavy atom. The molecule has 1 N–H and O–H groups in total. The Labute approximate surface area is 93.7 Å². The number of aromatic nitrogens is 1. The minimum absolute atomic E-state index is 0.190. The molecule has 4 heteroatoms. The van der Waals surface area contributed by atoms with Gasteiger partial charge in [0.05, 0.1) is 0 Å². The normalized spacial score (nSPS) is 13.2. The summed E-state index contributed by atoms with van der Waals surface area (Å²) in [6.45, 7) is 5.81.